The zero-order valence-corrected chi connectivity index (χ0v) is 17.4. The van der Waals surface area contributed by atoms with Crippen molar-refractivity contribution in [1.82, 2.24) is 24.8 Å². The van der Waals surface area contributed by atoms with Gasteiger partial charge in [-0.1, -0.05) is 24.3 Å². The first kappa shape index (κ1) is 19.9. The standard InChI is InChI=1S/C24H20FN5O2/c1-15-13-30(24-27-11-17(12-28-24)19-4-2-3-5-20(19)25)21-10-16(6-7-18(15)21)23(32)29-9-8-26-22(31)14-29/h2-7,10-13H,8-9,14H2,1H3,(H,26,31). The van der Waals surface area contributed by atoms with Crippen LogP contribution < -0.4 is 5.32 Å². The summed E-state index contributed by atoms with van der Waals surface area (Å²) in [6.07, 6.45) is 5.08. The van der Waals surface area contributed by atoms with Crippen LogP contribution in [0.5, 0.6) is 0 Å². The number of halogens is 1. The Labute approximate surface area is 183 Å². The van der Waals surface area contributed by atoms with E-state index in [1.807, 2.05) is 23.8 Å². The molecule has 8 heteroatoms. The van der Waals surface area contributed by atoms with Crippen molar-refractivity contribution in [2.45, 2.75) is 6.92 Å². The van der Waals surface area contributed by atoms with Crippen molar-refractivity contribution in [2.24, 2.45) is 0 Å². The molecule has 1 aliphatic rings. The van der Waals surface area contributed by atoms with E-state index in [9.17, 15) is 14.0 Å². The van der Waals surface area contributed by atoms with E-state index in [2.05, 4.69) is 15.3 Å². The first-order valence-corrected chi connectivity index (χ1v) is 10.3. The highest BCUT2D eigenvalue weighted by atomic mass is 19.1. The van der Waals surface area contributed by atoms with Crippen molar-refractivity contribution >= 4 is 22.7 Å². The molecule has 0 bridgehead atoms. The lowest BCUT2D eigenvalue weighted by Gasteiger charge is -2.26. The number of carbonyl (C=O) groups excluding carboxylic acids is 2. The first-order valence-electron chi connectivity index (χ1n) is 10.3. The number of nitrogens with one attached hydrogen (secondary N) is 1. The molecule has 32 heavy (non-hydrogen) atoms. The monoisotopic (exact) mass is 429 g/mol. The predicted molar refractivity (Wildman–Crippen MR) is 118 cm³/mol. The highest BCUT2D eigenvalue weighted by molar-refractivity contribution is 6.00. The molecular formula is C24H20FN5O2. The van der Waals surface area contributed by atoms with Gasteiger partial charge in [0, 0.05) is 53.8 Å². The Kier molecular flexibility index (Phi) is 4.89. The van der Waals surface area contributed by atoms with Gasteiger partial charge in [-0.3, -0.25) is 14.2 Å². The minimum Gasteiger partial charge on any atom is -0.353 e. The quantitative estimate of drug-likeness (QED) is 0.543. The molecule has 1 fully saturated rings. The van der Waals surface area contributed by atoms with E-state index in [-0.39, 0.29) is 24.2 Å². The van der Waals surface area contributed by atoms with Crippen LogP contribution in [0.25, 0.3) is 28.0 Å². The maximum Gasteiger partial charge on any atom is 0.254 e. The highest BCUT2D eigenvalue weighted by Crippen LogP contribution is 2.26. The van der Waals surface area contributed by atoms with Gasteiger partial charge in [-0.2, -0.15) is 0 Å². The normalized spacial score (nSPS) is 13.9. The lowest BCUT2D eigenvalue weighted by atomic mass is 10.1. The fraction of sp³-hybridized carbons (Fsp3) is 0.167. The average molecular weight is 429 g/mol. The number of aryl methyl sites for hydroxylation is 1. The van der Waals surface area contributed by atoms with E-state index < -0.39 is 0 Å². The zero-order chi connectivity index (χ0) is 22.2. The SMILES string of the molecule is Cc1cn(-c2ncc(-c3ccccc3F)cn2)c2cc(C(=O)N3CCNC(=O)C3)ccc12. The second-order valence-corrected chi connectivity index (χ2v) is 7.74. The summed E-state index contributed by atoms with van der Waals surface area (Å²) in [4.78, 5) is 35.0. The van der Waals surface area contributed by atoms with E-state index in [0.717, 1.165) is 16.5 Å². The Balaban J connectivity index is 1.51. The van der Waals surface area contributed by atoms with Gasteiger partial charge in [0.05, 0.1) is 12.1 Å². The number of carbonyl (C=O) groups is 2. The molecular weight excluding hydrogens is 409 g/mol. The molecule has 1 saturated heterocycles. The molecule has 0 aliphatic carbocycles. The molecule has 0 unspecified atom stereocenters. The molecule has 2 amide bonds. The number of amides is 2. The molecule has 0 saturated carbocycles. The van der Waals surface area contributed by atoms with Crippen LogP contribution in [-0.4, -0.2) is 50.9 Å². The fourth-order valence-corrected chi connectivity index (χ4v) is 3.97. The number of fused-ring (bicyclic) bond motifs is 1. The molecule has 5 rings (SSSR count). The molecule has 3 heterocycles. The average Bonchev–Trinajstić information content (AvgIpc) is 3.15. The van der Waals surface area contributed by atoms with Crippen molar-refractivity contribution in [1.29, 1.82) is 0 Å². The number of hydrogen-bond donors (Lipinski definition) is 1. The molecule has 2 aromatic carbocycles. The van der Waals surface area contributed by atoms with E-state index >= 15 is 0 Å². The van der Waals surface area contributed by atoms with Gasteiger partial charge in [0.1, 0.15) is 5.82 Å². The molecule has 0 spiro atoms. The van der Waals surface area contributed by atoms with Gasteiger partial charge in [0.15, 0.2) is 0 Å². The third-order valence-electron chi connectivity index (χ3n) is 5.62. The lowest BCUT2D eigenvalue weighted by molar-refractivity contribution is -0.123. The zero-order valence-electron chi connectivity index (χ0n) is 17.4. The Bertz CT molecular complexity index is 1350. The van der Waals surface area contributed by atoms with Crippen molar-refractivity contribution in [2.75, 3.05) is 19.6 Å². The van der Waals surface area contributed by atoms with Crippen molar-refractivity contribution in [3.63, 3.8) is 0 Å². The predicted octanol–water partition coefficient (Wildman–Crippen LogP) is 3.11. The van der Waals surface area contributed by atoms with E-state index in [0.29, 0.717) is 35.7 Å². The van der Waals surface area contributed by atoms with Crippen LogP contribution in [-0.2, 0) is 4.79 Å². The number of rotatable bonds is 3. The number of benzene rings is 2. The van der Waals surface area contributed by atoms with Crippen LogP contribution in [0.2, 0.25) is 0 Å². The third-order valence-corrected chi connectivity index (χ3v) is 5.62. The highest BCUT2D eigenvalue weighted by Gasteiger charge is 2.23. The smallest absolute Gasteiger partial charge is 0.254 e. The van der Waals surface area contributed by atoms with Gasteiger partial charge < -0.3 is 10.2 Å². The Morgan fingerprint density at radius 2 is 1.91 bits per heavy atom. The van der Waals surface area contributed by atoms with Gasteiger partial charge in [0.2, 0.25) is 11.9 Å². The summed E-state index contributed by atoms with van der Waals surface area (Å²) < 4.78 is 15.9. The summed E-state index contributed by atoms with van der Waals surface area (Å²) in [6, 6.07) is 11.9. The molecule has 4 aromatic rings. The summed E-state index contributed by atoms with van der Waals surface area (Å²) in [5.74, 6) is -0.262. The van der Waals surface area contributed by atoms with Crippen LogP contribution in [0.15, 0.2) is 61.1 Å². The van der Waals surface area contributed by atoms with Crippen LogP contribution >= 0.6 is 0 Å². The third kappa shape index (κ3) is 3.49. The number of piperazine rings is 1. The van der Waals surface area contributed by atoms with Crippen LogP contribution in [0.3, 0.4) is 0 Å². The van der Waals surface area contributed by atoms with E-state index in [4.69, 9.17) is 0 Å². The maximum atomic E-state index is 14.1. The molecule has 1 aliphatic heterocycles. The molecule has 7 nitrogen and oxygen atoms in total. The van der Waals surface area contributed by atoms with Gasteiger partial charge in [0.25, 0.3) is 5.91 Å². The van der Waals surface area contributed by atoms with E-state index in [1.54, 1.807) is 47.6 Å². The van der Waals surface area contributed by atoms with Gasteiger partial charge in [-0.25, -0.2) is 14.4 Å². The number of hydrogen-bond acceptors (Lipinski definition) is 4. The maximum absolute atomic E-state index is 14.1. The second-order valence-electron chi connectivity index (χ2n) is 7.74. The largest absolute Gasteiger partial charge is 0.353 e. The molecule has 0 radical (unpaired) electrons. The van der Waals surface area contributed by atoms with E-state index in [1.165, 1.54) is 6.07 Å². The van der Waals surface area contributed by atoms with Gasteiger partial charge in [-0.15, -0.1) is 0 Å². The van der Waals surface area contributed by atoms with Crippen molar-refractivity contribution < 1.29 is 14.0 Å². The number of aromatic nitrogens is 3. The second kappa shape index (κ2) is 7.88. The lowest BCUT2D eigenvalue weighted by Crippen LogP contribution is -2.49. The summed E-state index contributed by atoms with van der Waals surface area (Å²) in [6.45, 7) is 2.95. The minimum absolute atomic E-state index is 0.0531. The number of nitrogens with zero attached hydrogens (tertiary/aromatic N) is 4. The molecule has 160 valence electrons. The van der Waals surface area contributed by atoms with Crippen LogP contribution in [0.4, 0.5) is 4.39 Å². The molecule has 1 N–H and O–H groups in total. The summed E-state index contributed by atoms with van der Waals surface area (Å²) in [5, 5.41) is 3.70. The Morgan fingerprint density at radius 1 is 1.12 bits per heavy atom. The topological polar surface area (TPSA) is 80.1 Å². The first-order chi connectivity index (χ1) is 15.5. The van der Waals surface area contributed by atoms with Gasteiger partial charge in [-0.05, 0) is 30.7 Å². The molecule has 2 aromatic heterocycles. The van der Waals surface area contributed by atoms with Gasteiger partial charge >= 0.3 is 0 Å². The Morgan fingerprint density at radius 3 is 2.66 bits per heavy atom. The molecule has 0 atom stereocenters. The van der Waals surface area contributed by atoms with Crippen LogP contribution in [0, 0.1) is 12.7 Å². The fourth-order valence-electron chi connectivity index (χ4n) is 3.97. The van der Waals surface area contributed by atoms with Crippen molar-refractivity contribution in [3.8, 4) is 17.1 Å². The Hall–Kier alpha value is -4.07. The summed E-state index contributed by atoms with van der Waals surface area (Å²) >= 11 is 0. The summed E-state index contributed by atoms with van der Waals surface area (Å²) in [5.41, 5.74) is 3.31. The van der Waals surface area contributed by atoms with Crippen molar-refractivity contribution in [3.05, 3.63) is 78.0 Å². The van der Waals surface area contributed by atoms with Crippen LogP contribution in [0.1, 0.15) is 15.9 Å². The summed E-state index contributed by atoms with van der Waals surface area (Å²) in [7, 11) is 0. The minimum atomic E-state index is -0.333.